The van der Waals surface area contributed by atoms with Gasteiger partial charge in [-0.3, -0.25) is 4.79 Å². The van der Waals surface area contributed by atoms with Crippen LogP contribution in [-0.4, -0.2) is 35.4 Å². The summed E-state index contributed by atoms with van der Waals surface area (Å²) < 4.78 is 12.9. The van der Waals surface area contributed by atoms with Crippen LogP contribution in [0, 0.1) is 0 Å². The fourth-order valence-corrected chi connectivity index (χ4v) is 2.68. The van der Waals surface area contributed by atoms with Gasteiger partial charge < -0.3 is 20.5 Å². The van der Waals surface area contributed by atoms with Gasteiger partial charge >= 0.3 is 0 Å². The molecular formula is C19H22N4O3. The van der Waals surface area contributed by atoms with Gasteiger partial charge in [-0.1, -0.05) is 6.07 Å². The average Bonchev–Trinajstić information content (AvgIpc) is 3.00. The average molecular weight is 354 g/mol. The molecule has 3 rings (SSSR count). The largest absolute Gasteiger partial charge is 0.497 e. The van der Waals surface area contributed by atoms with Crippen LogP contribution >= 0.6 is 0 Å². The zero-order chi connectivity index (χ0) is 18.7. The molecule has 0 fully saturated rings. The Labute approximate surface area is 151 Å². The molecule has 136 valence electrons. The van der Waals surface area contributed by atoms with Crippen LogP contribution in [-0.2, 0) is 4.79 Å². The summed E-state index contributed by atoms with van der Waals surface area (Å²) in [4.78, 5) is 11.8. The normalized spacial score (nSPS) is 11.0. The van der Waals surface area contributed by atoms with E-state index in [9.17, 15) is 4.79 Å². The van der Waals surface area contributed by atoms with Crippen molar-refractivity contribution in [3.63, 3.8) is 0 Å². The summed E-state index contributed by atoms with van der Waals surface area (Å²) in [6.07, 6.45) is -0.0111. The SMILES string of the molecule is COc1ccc(-n2nc(NC(=O)CN)c3c(OC(C)C)cccc32)cc1. The summed E-state index contributed by atoms with van der Waals surface area (Å²) in [5.41, 5.74) is 7.10. The Kier molecular flexibility index (Phi) is 5.09. The summed E-state index contributed by atoms with van der Waals surface area (Å²) in [7, 11) is 1.62. The molecule has 0 radical (unpaired) electrons. The second-order valence-electron chi connectivity index (χ2n) is 6.03. The lowest BCUT2D eigenvalue weighted by Gasteiger charge is -2.11. The second kappa shape index (κ2) is 7.45. The van der Waals surface area contributed by atoms with Gasteiger partial charge in [0.15, 0.2) is 5.82 Å². The summed E-state index contributed by atoms with van der Waals surface area (Å²) in [6.45, 7) is 3.78. The van der Waals surface area contributed by atoms with Gasteiger partial charge in [0.2, 0.25) is 5.91 Å². The number of nitrogens with one attached hydrogen (secondary N) is 1. The van der Waals surface area contributed by atoms with Gasteiger partial charge in [0, 0.05) is 0 Å². The van der Waals surface area contributed by atoms with Gasteiger partial charge in [-0.05, 0) is 50.2 Å². The molecule has 0 spiro atoms. The molecule has 1 aromatic heterocycles. The molecule has 0 aliphatic heterocycles. The lowest BCUT2D eigenvalue weighted by Crippen LogP contribution is -2.22. The van der Waals surface area contributed by atoms with Crippen molar-refractivity contribution in [1.29, 1.82) is 0 Å². The molecule has 1 amide bonds. The van der Waals surface area contributed by atoms with Crippen LogP contribution in [0.2, 0.25) is 0 Å². The first-order chi connectivity index (χ1) is 12.5. The number of nitrogens with zero attached hydrogens (tertiary/aromatic N) is 2. The molecule has 1 heterocycles. The zero-order valence-corrected chi connectivity index (χ0v) is 15.0. The van der Waals surface area contributed by atoms with Crippen molar-refractivity contribution in [3.05, 3.63) is 42.5 Å². The second-order valence-corrected chi connectivity index (χ2v) is 6.03. The third-order valence-corrected chi connectivity index (χ3v) is 3.79. The topological polar surface area (TPSA) is 91.4 Å². The molecule has 2 aromatic carbocycles. The van der Waals surface area contributed by atoms with Crippen molar-refractivity contribution in [3.8, 4) is 17.2 Å². The number of nitrogens with two attached hydrogens (primary N) is 1. The maximum Gasteiger partial charge on any atom is 0.239 e. The number of hydrogen-bond donors (Lipinski definition) is 2. The third-order valence-electron chi connectivity index (χ3n) is 3.79. The third kappa shape index (κ3) is 3.48. The van der Waals surface area contributed by atoms with Crippen molar-refractivity contribution in [2.75, 3.05) is 19.0 Å². The van der Waals surface area contributed by atoms with E-state index in [-0.39, 0.29) is 18.6 Å². The van der Waals surface area contributed by atoms with Crippen LogP contribution in [0.5, 0.6) is 11.5 Å². The smallest absolute Gasteiger partial charge is 0.239 e. The number of hydrogen-bond acceptors (Lipinski definition) is 5. The van der Waals surface area contributed by atoms with Crippen molar-refractivity contribution in [2.24, 2.45) is 5.73 Å². The summed E-state index contributed by atoms with van der Waals surface area (Å²) in [6, 6.07) is 13.2. The van der Waals surface area contributed by atoms with Crippen LogP contribution in [0.25, 0.3) is 16.6 Å². The van der Waals surface area contributed by atoms with Gasteiger partial charge in [-0.15, -0.1) is 5.10 Å². The number of aromatic nitrogens is 2. The molecule has 0 saturated carbocycles. The van der Waals surface area contributed by atoms with Crippen LogP contribution in [0.3, 0.4) is 0 Å². The van der Waals surface area contributed by atoms with Gasteiger partial charge in [0.25, 0.3) is 0 Å². The van der Waals surface area contributed by atoms with Crippen molar-refractivity contribution in [1.82, 2.24) is 9.78 Å². The molecule has 0 saturated heterocycles. The molecule has 3 aromatic rings. The highest BCUT2D eigenvalue weighted by Gasteiger charge is 2.18. The van der Waals surface area contributed by atoms with Crippen LogP contribution in [0.4, 0.5) is 5.82 Å². The first-order valence-electron chi connectivity index (χ1n) is 8.36. The highest BCUT2D eigenvalue weighted by molar-refractivity contribution is 6.03. The van der Waals surface area contributed by atoms with Gasteiger partial charge in [0.1, 0.15) is 11.5 Å². The number of rotatable bonds is 6. The Bertz CT molecular complexity index is 916. The number of carbonyl (C=O) groups excluding carboxylic acids is 1. The highest BCUT2D eigenvalue weighted by atomic mass is 16.5. The number of benzene rings is 2. The summed E-state index contributed by atoms with van der Waals surface area (Å²) in [5.74, 6) is 1.52. The molecule has 7 heteroatoms. The molecule has 7 nitrogen and oxygen atoms in total. The molecule has 26 heavy (non-hydrogen) atoms. The Hall–Kier alpha value is -3.06. The van der Waals surface area contributed by atoms with E-state index in [2.05, 4.69) is 10.4 Å². The zero-order valence-electron chi connectivity index (χ0n) is 15.0. The van der Waals surface area contributed by atoms with Gasteiger partial charge in [-0.25, -0.2) is 4.68 Å². The minimum absolute atomic E-state index is 0.0111. The number of ether oxygens (including phenoxy) is 2. The predicted octanol–water partition coefficient (Wildman–Crippen LogP) is 2.72. The van der Waals surface area contributed by atoms with Crippen molar-refractivity contribution < 1.29 is 14.3 Å². The number of amides is 1. The van der Waals surface area contributed by atoms with Crippen LogP contribution in [0.1, 0.15) is 13.8 Å². The summed E-state index contributed by atoms with van der Waals surface area (Å²) >= 11 is 0. The van der Waals surface area contributed by atoms with Gasteiger partial charge in [0.05, 0.1) is 36.3 Å². The van der Waals surface area contributed by atoms with E-state index < -0.39 is 0 Å². The molecule has 0 unspecified atom stereocenters. The Morgan fingerprint density at radius 1 is 1.23 bits per heavy atom. The van der Waals surface area contributed by atoms with Crippen LogP contribution in [0.15, 0.2) is 42.5 Å². The standard InChI is InChI=1S/C19H22N4O3/c1-12(2)26-16-6-4-5-15-18(16)19(21-17(24)11-20)22-23(15)13-7-9-14(25-3)10-8-13/h4-10,12H,11,20H2,1-3H3,(H,21,22,24). The van der Waals surface area contributed by atoms with E-state index in [0.29, 0.717) is 11.6 Å². The minimum atomic E-state index is -0.314. The van der Waals surface area contributed by atoms with Crippen molar-refractivity contribution >= 4 is 22.6 Å². The molecule has 3 N–H and O–H groups in total. The molecular weight excluding hydrogens is 332 g/mol. The Morgan fingerprint density at radius 3 is 2.58 bits per heavy atom. The number of fused-ring (bicyclic) bond motifs is 1. The van der Waals surface area contributed by atoms with E-state index in [4.69, 9.17) is 15.2 Å². The number of anilines is 1. The number of methoxy groups -OCH3 is 1. The fraction of sp³-hybridized carbons (Fsp3) is 0.263. The van der Waals surface area contributed by atoms with E-state index in [1.54, 1.807) is 11.8 Å². The van der Waals surface area contributed by atoms with Crippen LogP contribution < -0.4 is 20.5 Å². The molecule has 0 atom stereocenters. The van der Waals surface area contributed by atoms with E-state index in [1.807, 2.05) is 56.3 Å². The fourth-order valence-electron chi connectivity index (χ4n) is 2.68. The maximum atomic E-state index is 11.8. The highest BCUT2D eigenvalue weighted by Crippen LogP contribution is 2.34. The number of carbonyl (C=O) groups is 1. The Morgan fingerprint density at radius 2 is 1.96 bits per heavy atom. The molecule has 0 bridgehead atoms. The lowest BCUT2D eigenvalue weighted by atomic mass is 10.2. The Balaban J connectivity index is 2.18. The maximum absolute atomic E-state index is 11.8. The first-order valence-corrected chi connectivity index (χ1v) is 8.36. The minimum Gasteiger partial charge on any atom is -0.497 e. The van der Waals surface area contributed by atoms with E-state index in [1.165, 1.54) is 0 Å². The van der Waals surface area contributed by atoms with Gasteiger partial charge in [-0.2, -0.15) is 0 Å². The molecule has 0 aliphatic carbocycles. The van der Waals surface area contributed by atoms with E-state index >= 15 is 0 Å². The lowest BCUT2D eigenvalue weighted by molar-refractivity contribution is -0.114. The first kappa shape index (κ1) is 17.8. The monoisotopic (exact) mass is 354 g/mol. The molecule has 0 aliphatic rings. The predicted molar refractivity (Wildman–Crippen MR) is 101 cm³/mol. The quantitative estimate of drug-likeness (QED) is 0.710. The summed E-state index contributed by atoms with van der Waals surface area (Å²) in [5, 5.41) is 8.07. The van der Waals surface area contributed by atoms with Crippen molar-refractivity contribution in [2.45, 2.75) is 20.0 Å². The van der Waals surface area contributed by atoms with E-state index in [0.717, 1.165) is 22.3 Å².